The third-order valence-electron chi connectivity index (χ3n) is 5.71. The number of fused-ring (bicyclic) bond motifs is 5. The average molecular weight is 311 g/mol. The molecule has 1 aliphatic heterocycles. The van der Waals surface area contributed by atoms with Gasteiger partial charge in [-0.3, -0.25) is 0 Å². The summed E-state index contributed by atoms with van der Waals surface area (Å²) >= 11 is 0. The van der Waals surface area contributed by atoms with Gasteiger partial charge >= 0.3 is 0 Å². The van der Waals surface area contributed by atoms with Gasteiger partial charge in [-0.05, 0) is 47.6 Å². The Morgan fingerprint density at radius 2 is 1.62 bits per heavy atom. The van der Waals surface area contributed by atoms with Crippen LogP contribution in [0.15, 0.2) is 72.8 Å². The number of nitrogens with one attached hydrogen (secondary N) is 1. The first-order valence-corrected chi connectivity index (χ1v) is 8.81. The van der Waals surface area contributed by atoms with Crippen LogP contribution in [0.1, 0.15) is 39.8 Å². The number of hydrogen-bond donors (Lipinski definition) is 1. The molecule has 3 unspecified atom stereocenters. The summed E-state index contributed by atoms with van der Waals surface area (Å²) in [6.45, 7) is 2.19. The van der Waals surface area contributed by atoms with Crippen molar-refractivity contribution >= 4 is 5.69 Å². The second kappa shape index (κ2) is 5.24. The Labute approximate surface area is 143 Å². The Bertz CT molecular complexity index is 897. The second-order valence-electron chi connectivity index (χ2n) is 7.17. The van der Waals surface area contributed by atoms with E-state index in [4.69, 9.17) is 0 Å². The summed E-state index contributed by atoms with van der Waals surface area (Å²) in [7, 11) is 0. The van der Waals surface area contributed by atoms with E-state index in [0.717, 1.165) is 6.42 Å². The number of anilines is 1. The van der Waals surface area contributed by atoms with Crippen LogP contribution in [0.25, 0.3) is 0 Å². The molecule has 0 spiro atoms. The highest BCUT2D eigenvalue weighted by Gasteiger charge is 2.43. The summed E-state index contributed by atoms with van der Waals surface area (Å²) < 4.78 is 0. The molecule has 3 aromatic rings. The fraction of sp³-hybridized carbons (Fsp3) is 0.217. The highest BCUT2D eigenvalue weighted by atomic mass is 15.0. The molecule has 0 saturated carbocycles. The zero-order chi connectivity index (χ0) is 16.1. The zero-order valence-electron chi connectivity index (χ0n) is 13.9. The lowest BCUT2D eigenvalue weighted by atomic mass is 9.75. The van der Waals surface area contributed by atoms with Crippen molar-refractivity contribution in [1.29, 1.82) is 0 Å². The maximum Gasteiger partial charge on any atom is 0.0554 e. The van der Waals surface area contributed by atoms with E-state index in [1.807, 2.05) is 0 Å². The molecule has 1 aliphatic carbocycles. The molecule has 1 heteroatoms. The van der Waals surface area contributed by atoms with Crippen LogP contribution >= 0.6 is 0 Å². The molecule has 1 nitrogen and oxygen atoms in total. The van der Waals surface area contributed by atoms with Crippen molar-refractivity contribution in [3.63, 3.8) is 0 Å². The summed E-state index contributed by atoms with van der Waals surface area (Å²) in [5.74, 6) is 1.08. The molecule has 0 radical (unpaired) electrons. The molecule has 5 rings (SSSR count). The molecule has 24 heavy (non-hydrogen) atoms. The minimum Gasteiger partial charge on any atom is -0.378 e. The molecule has 3 aromatic carbocycles. The van der Waals surface area contributed by atoms with Gasteiger partial charge in [-0.2, -0.15) is 0 Å². The van der Waals surface area contributed by atoms with Crippen molar-refractivity contribution in [2.75, 3.05) is 5.32 Å². The molecule has 0 saturated heterocycles. The highest BCUT2D eigenvalue weighted by molar-refractivity contribution is 5.63. The Morgan fingerprint density at radius 1 is 0.833 bits per heavy atom. The first-order valence-electron chi connectivity index (χ1n) is 8.81. The minimum atomic E-state index is 0.374. The van der Waals surface area contributed by atoms with Gasteiger partial charge in [-0.1, -0.05) is 72.3 Å². The first-order chi connectivity index (χ1) is 11.8. The summed E-state index contributed by atoms with van der Waals surface area (Å²) in [6, 6.07) is 27.2. The normalized spacial score (nSPS) is 23.8. The van der Waals surface area contributed by atoms with E-state index >= 15 is 0 Å². The summed E-state index contributed by atoms with van der Waals surface area (Å²) in [5.41, 5.74) is 8.55. The topological polar surface area (TPSA) is 12.0 Å². The maximum atomic E-state index is 3.85. The smallest absolute Gasteiger partial charge is 0.0554 e. The van der Waals surface area contributed by atoms with E-state index in [0.29, 0.717) is 17.9 Å². The summed E-state index contributed by atoms with van der Waals surface area (Å²) in [4.78, 5) is 0. The van der Waals surface area contributed by atoms with Crippen LogP contribution in [-0.4, -0.2) is 0 Å². The molecule has 1 N–H and O–H groups in total. The molecule has 0 fully saturated rings. The molecule has 0 bridgehead atoms. The van der Waals surface area contributed by atoms with Gasteiger partial charge < -0.3 is 5.32 Å². The van der Waals surface area contributed by atoms with Gasteiger partial charge in [0.1, 0.15) is 0 Å². The molecule has 3 atom stereocenters. The summed E-state index contributed by atoms with van der Waals surface area (Å²) in [6.07, 6.45) is 1.15. The van der Waals surface area contributed by atoms with Gasteiger partial charge in [0.05, 0.1) is 6.04 Å². The Balaban J connectivity index is 1.70. The first kappa shape index (κ1) is 13.9. The standard InChI is InChI=1S/C23H21N/c1-15-11-12-21-19(13-15)22-18-10-6-5-9-17(18)14-20(22)23(24-21)16-7-3-2-4-8-16/h2-13,20,22-24H,14H2,1H3. The average Bonchev–Trinajstić information content (AvgIpc) is 3.02. The number of rotatable bonds is 1. The second-order valence-corrected chi connectivity index (χ2v) is 7.17. The van der Waals surface area contributed by atoms with Crippen LogP contribution in [0.4, 0.5) is 5.69 Å². The van der Waals surface area contributed by atoms with Crippen molar-refractivity contribution in [3.8, 4) is 0 Å². The SMILES string of the molecule is Cc1ccc2c(c1)C1c3ccccc3CC1C(c1ccccc1)N2. The van der Waals surface area contributed by atoms with Crippen LogP contribution in [0.3, 0.4) is 0 Å². The van der Waals surface area contributed by atoms with Crippen LogP contribution < -0.4 is 5.32 Å². The van der Waals surface area contributed by atoms with Crippen molar-refractivity contribution in [2.45, 2.75) is 25.3 Å². The van der Waals surface area contributed by atoms with E-state index in [-0.39, 0.29) is 0 Å². The predicted octanol–water partition coefficient (Wildman–Crippen LogP) is 5.47. The lowest BCUT2D eigenvalue weighted by Gasteiger charge is -2.38. The Morgan fingerprint density at radius 3 is 2.50 bits per heavy atom. The zero-order valence-corrected chi connectivity index (χ0v) is 13.9. The number of aryl methyl sites for hydroxylation is 1. The van der Waals surface area contributed by atoms with E-state index in [2.05, 4.69) is 85.0 Å². The van der Waals surface area contributed by atoms with Gasteiger partial charge in [0.25, 0.3) is 0 Å². The maximum absolute atomic E-state index is 3.85. The van der Waals surface area contributed by atoms with Crippen molar-refractivity contribution < 1.29 is 0 Å². The highest BCUT2D eigenvalue weighted by Crippen LogP contribution is 2.53. The molecular formula is C23H21N. The number of benzene rings is 3. The van der Waals surface area contributed by atoms with Crippen molar-refractivity contribution in [1.82, 2.24) is 0 Å². The lowest BCUT2D eigenvalue weighted by Crippen LogP contribution is -2.30. The summed E-state index contributed by atoms with van der Waals surface area (Å²) in [5, 5.41) is 3.85. The lowest BCUT2D eigenvalue weighted by molar-refractivity contribution is 0.421. The Kier molecular flexibility index (Phi) is 3.02. The monoisotopic (exact) mass is 311 g/mol. The van der Waals surface area contributed by atoms with Crippen molar-refractivity contribution in [2.24, 2.45) is 5.92 Å². The van der Waals surface area contributed by atoms with Gasteiger partial charge in [0.2, 0.25) is 0 Å². The fourth-order valence-electron chi connectivity index (χ4n) is 4.67. The molecule has 0 amide bonds. The third kappa shape index (κ3) is 2.01. The van der Waals surface area contributed by atoms with Crippen LogP contribution in [0.5, 0.6) is 0 Å². The Hall–Kier alpha value is -2.54. The van der Waals surface area contributed by atoms with E-state index in [1.165, 1.54) is 33.5 Å². The predicted molar refractivity (Wildman–Crippen MR) is 99.5 cm³/mol. The molecule has 2 aliphatic rings. The van der Waals surface area contributed by atoms with Crippen LogP contribution in [0, 0.1) is 12.8 Å². The molecule has 1 heterocycles. The number of hydrogen-bond acceptors (Lipinski definition) is 1. The van der Waals surface area contributed by atoms with E-state index in [9.17, 15) is 0 Å². The van der Waals surface area contributed by atoms with Gasteiger partial charge in [0, 0.05) is 11.6 Å². The molecular weight excluding hydrogens is 290 g/mol. The van der Waals surface area contributed by atoms with E-state index in [1.54, 1.807) is 0 Å². The van der Waals surface area contributed by atoms with Gasteiger partial charge in [-0.25, -0.2) is 0 Å². The van der Waals surface area contributed by atoms with Crippen molar-refractivity contribution in [3.05, 3.63) is 101 Å². The van der Waals surface area contributed by atoms with Crippen LogP contribution in [-0.2, 0) is 6.42 Å². The molecule has 0 aromatic heterocycles. The largest absolute Gasteiger partial charge is 0.378 e. The van der Waals surface area contributed by atoms with Gasteiger partial charge in [0.15, 0.2) is 0 Å². The van der Waals surface area contributed by atoms with E-state index < -0.39 is 0 Å². The van der Waals surface area contributed by atoms with Gasteiger partial charge in [-0.15, -0.1) is 0 Å². The fourth-order valence-corrected chi connectivity index (χ4v) is 4.67. The quantitative estimate of drug-likeness (QED) is 0.628. The minimum absolute atomic E-state index is 0.374. The third-order valence-corrected chi connectivity index (χ3v) is 5.71. The van der Waals surface area contributed by atoms with Crippen LogP contribution in [0.2, 0.25) is 0 Å². The molecule has 118 valence electrons.